The van der Waals surface area contributed by atoms with E-state index in [9.17, 15) is 4.79 Å². The highest BCUT2D eigenvalue weighted by molar-refractivity contribution is 7.21. The van der Waals surface area contributed by atoms with Crippen LogP contribution in [0.15, 0.2) is 24.3 Å². The molecule has 7 heteroatoms. The number of ether oxygens (including phenoxy) is 1. The summed E-state index contributed by atoms with van der Waals surface area (Å²) in [6.45, 7) is 11.3. The number of carbonyl (C=O) groups is 1. The predicted octanol–water partition coefficient (Wildman–Crippen LogP) is 4.10. The number of thiophene rings is 1. The van der Waals surface area contributed by atoms with Gasteiger partial charge in [0.2, 0.25) is 0 Å². The molecule has 166 valence electrons. The second-order valence-corrected chi connectivity index (χ2v) is 9.33. The van der Waals surface area contributed by atoms with Crippen LogP contribution in [0.25, 0.3) is 10.1 Å². The Morgan fingerprint density at radius 3 is 2.87 bits per heavy atom. The zero-order valence-corrected chi connectivity index (χ0v) is 19.7. The van der Waals surface area contributed by atoms with Crippen LogP contribution in [0.2, 0.25) is 0 Å². The largest absolute Gasteiger partial charge is 0.383 e. The third kappa shape index (κ3) is 4.40. The fourth-order valence-corrected chi connectivity index (χ4v) is 5.90. The van der Waals surface area contributed by atoms with Gasteiger partial charge in [-0.3, -0.25) is 14.4 Å². The summed E-state index contributed by atoms with van der Waals surface area (Å²) in [5, 5.41) is 8.93. The van der Waals surface area contributed by atoms with Gasteiger partial charge in [-0.15, -0.1) is 11.3 Å². The molecule has 3 aromatic rings. The van der Waals surface area contributed by atoms with Gasteiger partial charge < -0.3 is 10.1 Å². The van der Waals surface area contributed by atoms with Crippen LogP contribution in [-0.4, -0.2) is 53.9 Å². The molecule has 1 aliphatic rings. The third-order valence-corrected chi connectivity index (χ3v) is 7.51. The minimum Gasteiger partial charge on any atom is -0.383 e. The van der Waals surface area contributed by atoms with Crippen LogP contribution in [0.5, 0.6) is 0 Å². The SMILES string of the molecule is CCn1nc(C)c(CN2CC[C@@H](c3c(C(=O)NCCOC)sc4ccccc34)C2)c1C. The van der Waals surface area contributed by atoms with Crippen molar-refractivity contribution in [1.82, 2.24) is 20.0 Å². The Kier molecular flexibility index (Phi) is 6.74. The van der Waals surface area contributed by atoms with E-state index >= 15 is 0 Å². The summed E-state index contributed by atoms with van der Waals surface area (Å²) in [5.74, 6) is 0.378. The van der Waals surface area contributed by atoms with Gasteiger partial charge in [0.15, 0.2) is 0 Å². The molecule has 1 fully saturated rings. The second-order valence-electron chi connectivity index (χ2n) is 8.28. The van der Waals surface area contributed by atoms with Gasteiger partial charge in [0.05, 0.1) is 17.2 Å². The molecule has 1 amide bonds. The van der Waals surface area contributed by atoms with E-state index in [4.69, 9.17) is 4.74 Å². The van der Waals surface area contributed by atoms with Gasteiger partial charge in [0, 0.05) is 55.2 Å². The highest BCUT2D eigenvalue weighted by Gasteiger charge is 2.31. The lowest BCUT2D eigenvalue weighted by Crippen LogP contribution is -2.27. The van der Waals surface area contributed by atoms with Gasteiger partial charge in [-0.05, 0) is 50.8 Å². The van der Waals surface area contributed by atoms with Crippen molar-refractivity contribution in [2.24, 2.45) is 0 Å². The highest BCUT2D eigenvalue weighted by atomic mass is 32.1. The Labute approximate surface area is 188 Å². The first kappa shape index (κ1) is 22.0. The number of aryl methyl sites for hydroxylation is 2. The number of nitrogens with zero attached hydrogens (tertiary/aromatic N) is 3. The van der Waals surface area contributed by atoms with Crippen molar-refractivity contribution in [3.8, 4) is 0 Å². The zero-order valence-electron chi connectivity index (χ0n) is 18.9. The Morgan fingerprint density at radius 1 is 1.32 bits per heavy atom. The molecule has 0 spiro atoms. The van der Waals surface area contributed by atoms with Crippen LogP contribution in [0.1, 0.15) is 51.4 Å². The van der Waals surface area contributed by atoms with Crippen molar-refractivity contribution in [1.29, 1.82) is 0 Å². The van der Waals surface area contributed by atoms with Crippen LogP contribution < -0.4 is 5.32 Å². The maximum atomic E-state index is 13.0. The Balaban J connectivity index is 1.57. The number of nitrogens with one attached hydrogen (secondary N) is 1. The van der Waals surface area contributed by atoms with Gasteiger partial charge >= 0.3 is 0 Å². The van der Waals surface area contributed by atoms with E-state index in [1.807, 2.05) is 6.07 Å². The van der Waals surface area contributed by atoms with Gasteiger partial charge in [-0.25, -0.2) is 0 Å². The lowest BCUT2D eigenvalue weighted by molar-refractivity contribution is 0.0940. The molecule has 0 bridgehead atoms. The minimum absolute atomic E-state index is 0.0163. The standard InChI is InChI=1S/C24H32N4O2S/c1-5-28-17(3)20(16(2)26-28)15-27-12-10-18(14-27)22-19-8-6-7-9-21(19)31-23(22)24(29)25-11-13-30-4/h6-9,18H,5,10-15H2,1-4H3,(H,25,29)/t18-/m1/s1. The van der Waals surface area contributed by atoms with E-state index in [-0.39, 0.29) is 5.91 Å². The number of carbonyl (C=O) groups excluding carboxylic acids is 1. The van der Waals surface area contributed by atoms with Crippen LogP contribution in [0.3, 0.4) is 0 Å². The van der Waals surface area contributed by atoms with Crippen LogP contribution in [0, 0.1) is 13.8 Å². The smallest absolute Gasteiger partial charge is 0.261 e. The molecular weight excluding hydrogens is 408 g/mol. The van der Waals surface area contributed by atoms with Crippen LogP contribution in [-0.2, 0) is 17.8 Å². The van der Waals surface area contributed by atoms with Crippen LogP contribution in [0.4, 0.5) is 0 Å². The average Bonchev–Trinajstić information content (AvgIpc) is 3.45. The molecule has 3 heterocycles. The van der Waals surface area contributed by atoms with Crippen molar-refractivity contribution in [3.05, 3.63) is 51.7 Å². The average molecular weight is 441 g/mol. The molecule has 1 saturated heterocycles. The number of fused-ring (bicyclic) bond motifs is 1. The number of aromatic nitrogens is 2. The van der Waals surface area contributed by atoms with Crippen molar-refractivity contribution >= 4 is 27.3 Å². The summed E-state index contributed by atoms with van der Waals surface area (Å²) < 4.78 is 8.37. The minimum atomic E-state index is 0.0163. The van der Waals surface area contributed by atoms with E-state index in [1.54, 1.807) is 18.4 Å². The molecular formula is C24H32N4O2S. The van der Waals surface area contributed by atoms with Crippen molar-refractivity contribution < 1.29 is 9.53 Å². The van der Waals surface area contributed by atoms with E-state index in [2.05, 4.69) is 59.0 Å². The van der Waals surface area contributed by atoms with Crippen molar-refractivity contribution in [3.63, 3.8) is 0 Å². The summed E-state index contributed by atoms with van der Waals surface area (Å²) in [7, 11) is 1.65. The fraction of sp³-hybridized carbons (Fsp3) is 0.500. The first-order chi connectivity index (χ1) is 15.0. The Bertz CT molecular complexity index is 1070. The van der Waals surface area contributed by atoms with Gasteiger partial charge in [-0.2, -0.15) is 5.10 Å². The molecule has 1 atom stereocenters. The predicted molar refractivity (Wildman–Crippen MR) is 126 cm³/mol. The molecule has 0 aliphatic carbocycles. The molecule has 2 aromatic heterocycles. The molecule has 0 saturated carbocycles. The summed E-state index contributed by atoms with van der Waals surface area (Å²) in [5.41, 5.74) is 4.95. The number of benzene rings is 1. The molecule has 1 aliphatic heterocycles. The summed E-state index contributed by atoms with van der Waals surface area (Å²) in [6.07, 6.45) is 1.07. The first-order valence-corrected chi connectivity index (χ1v) is 11.9. The third-order valence-electron chi connectivity index (χ3n) is 6.33. The highest BCUT2D eigenvalue weighted by Crippen LogP contribution is 2.40. The number of hydrogen-bond acceptors (Lipinski definition) is 5. The lowest BCUT2D eigenvalue weighted by Gasteiger charge is -2.17. The van der Waals surface area contributed by atoms with E-state index < -0.39 is 0 Å². The van der Waals surface area contributed by atoms with E-state index in [0.717, 1.165) is 43.2 Å². The zero-order chi connectivity index (χ0) is 22.0. The second kappa shape index (κ2) is 9.51. The molecule has 6 nitrogen and oxygen atoms in total. The summed E-state index contributed by atoms with van der Waals surface area (Å²) in [4.78, 5) is 16.4. The number of likely N-dealkylation sites (tertiary alicyclic amines) is 1. The van der Waals surface area contributed by atoms with Gasteiger partial charge in [-0.1, -0.05) is 18.2 Å². The summed E-state index contributed by atoms with van der Waals surface area (Å²) >= 11 is 1.61. The maximum Gasteiger partial charge on any atom is 0.261 e. The molecule has 1 N–H and O–H groups in total. The molecule has 1 aromatic carbocycles. The normalized spacial score (nSPS) is 17.0. The Morgan fingerprint density at radius 2 is 2.13 bits per heavy atom. The molecule has 0 unspecified atom stereocenters. The van der Waals surface area contributed by atoms with Crippen molar-refractivity contribution in [2.75, 3.05) is 33.4 Å². The summed E-state index contributed by atoms with van der Waals surface area (Å²) in [6, 6.07) is 8.40. The fourth-order valence-electron chi connectivity index (χ4n) is 4.69. The van der Waals surface area contributed by atoms with E-state index in [0.29, 0.717) is 19.1 Å². The molecule has 31 heavy (non-hydrogen) atoms. The van der Waals surface area contributed by atoms with Gasteiger partial charge in [0.25, 0.3) is 5.91 Å². The number of methoxy groups -OCH3 is 1. The topological polar surface area (TPSA) is 59.4 Å². The number of rotatable bonds is 8. The maximum absolute atomic E-state index is 13.0. The quantitative estimate of drug-likeness (QED) is 0.536. The Hall–Kier alpha value is -2.22. The number of hydrogen-bond donors (Lipinski definition) is 1. The number of amides is 1. The molecule has 4 rings (SSSR count). The van der Waals surface area contributed by atoms with Crippen LogP contribution >= 0.6 is 11.3 Å². The van der Waals surface area contributed by atoms with E-state index in [1.165, 1.54) is 26.9 Å². The first-order valence-electron chi connectivity index (χ1n) is 11.1. The lowest BCUT2D eigenvalue weighted by atomic mass is 9.95. The van der Waals surface area contributed by atoms with Crippen molar-refractivity contribution in [2.45, 2.75) is 46.2 Å². The van der Waals surface area contributed by atoms with Gasteiger partial charge in [0.1, 0.15) is 0 Å². The monoisotopic (exact) mass is 440 g/mol. The molecule has 0 radical (unpaired) electrons.